The average molecular weight is 260 g/mol. The van der Waals surface area contributed by atoms with Gasteiger partial charge in [-0.15, -0.1) is 0 Å². The number of carbonyl (C=O) groups excluding carboxylic acids is 1. The van der Waals surface area contributed by atoms with Crippen molar-refractivity contribution in [3.05, 3.63) is 29.3 Å². The Labute approximate surface area is 116 Å². The minimum absolute atomic E-state index is 0.157. The smallest absolute Gasteiger partial charge is 0.253 e. The van der Waals surface area contributed by atoms with E-state index in [9.17, 15) is 4.79 Å². The number of aryl methyl sites for hydroxylation is 1. The summed E-state index contributed by atoms with van der Waals surface area (Å²) >= 11 is 0. The van der Waals surface area contributed by atoms with E-state index in [0.717, 1.165) is 38.0 Å². The van der Waals surface area contributed by atoms with Crippen LogP contribution in [-0.4, -0.2) is 30.4 Å². The van der Waals surface area contributed by atoms with Gasteiger partial charge in [-0.3, -0.25) is 4.79 Å². The topological polar surface area (TPSA) is 32.3 Å². The van der Waals surface area contributed by atoms with E-state index in [1.807, 2.05) is 24.0 Å². The predicted molar refractivity (Wildman–Crippen MR) is 79.7 cm³/mol. The van der Waals surface area contributed by atoms with Crippen LogP contribution in [-0.2, 0) is 6.42 Å². The normalized spacial score (nSPS) is 13.9. The van der Waals surface area contributed by atoms with Gasteiger partial charge >= 0.3 is 0 Å². The predicted octanol–water partition coefficient (Wildman–Crippen LogP) is 3.16. The highest BCUT2D eigenvalue weighted by Crippen LogP contribution is 2.23. The third-order valence-electron chi connectivity index (χ3n) is 3.55. The molecule has 0 aliphatic carbocycles. The summed E-state index contributed by atoms with van der Waals surface area (Å²) in [6.07, 6.45) is 2.22. The zero-order chi connectivity index (χ0) is 13.8. The molecule has 3 nitrogen and oxygen atoms in total. The van der Waals surface area contributed by atoms with Gasteiger partial charge in [0, 0.05) is 30.9 Å². The molecule has 1 aliphatic heterocycles. The van der Waals surface area contributed by atoms with Gasteiger partial charge in [0.15, 0.2) is 0 Å². The Morgan fingerprint density at radius 3 is 2.89 bits per heavy atom. The molecule has 19 heavy (non-hydrogen) atoms. The molecule has 0 spiro atoms. The van der Waals surface area contributed by atoms with Crippen molar-refractivity contribution >= 4 is 11.6 Å². The molecule has 0 atom stereocenters. The van der Waals surface area contributed by atoms with Gasteiger partial charge in [-0.25, -0.2) is 0 Å². The monoisotopic (exact) mass is 260 g/mol. The quantitative estimate of drug-likeness (QED) is 0.902. The Balaban J connectivity index is 2.18. The summed E-state index contributed by atoms with van der Waals surface area (Å²) in [5.74, 6) is 0.660. The van der Waals surface area contributed by atoms with Crippen molar-refractivity contribution in [2.24, 2.45) is 5.92 Å². The Bertz CT molecular complexity index is 454. The lowest BCUT2D eigenvalue weighted by Gasteiger charge is -2.24. The summed E-state index contributed by atoms with van der Waals surface area (Å²) in [6, 6.07) is 6.06. The fourth-order valence-electron chi connectivity index (χ4n) is 2.59. The molecule has 1 heterocycles. The maximum absolute atomic E-state index is 12.5. The first-order valence-electron chi connectivity index (χ1n) is 7.28. The van der Waals surface area contributed by atoms with Crippen molar-refractivity contribution < 1.29 is 4.79 Å². The molecular weight excluding hydrogens is 236 g/mol. The van der Waals surface area contributed by atoms with Gasteiger partial charge in [0.05, 0.1) is 0 Å². The number of nitrogens with zero attached hydrogens (tertiary/aromatic N) is 1. The van der Waals surface area contributed by atoms with Gasteiger partial charge in [0.1, 0.15) is 0 Å². The Morgan fingerprint density at radius 2 is 2.21 bits per heavy atom. The lowest BCUT2D eigenvalue weighted by Crippen LogP contribution is -2.34. The number of hydrogen-bond acceptors (Lipinski definition) is 2. The van der Waals surface area contributed by atoms with Crippen molar-refractivity contribution in [1.29, 1.82) is 0 Å². The van der Waals surface area contributed by atoms with Crippen LogP contribution in [0.1, 0.15) is 43.1 Å². The summed E-state index contributed by atoms with van der Waals surface area (Å²) < 4.78 is 0. The number of amides is 1. The molecule has 3 heteroatoms. The van der Waals surface area contributed by atoms with Crippen molar-refractivity contribution in [1.82, 2.24) is 4.90 Å². The molecule has 0 radical (unpaired) electrons. The number of anilines is 1. The fourth-order valence-corrected chi connectivity index (χ4v) is 2.59. The van der Waals surface area contributed by atoms with E-state index >= 15 is 0 Å². The van der Waals surface area contributed by atoms with E-state index in [1.54, 1.807) is 0 Å². The Hall–Kier alpha value is -1.51. The molecule has 0 fully saturated rings. The molecule has 0 bridgehead atoms. The van der Waals surface area contributed by atoms with Gasteiger partial charge in [-0.2, -0.15) is 0 Å². The van der Waals surface area contributed by atoms with Crippen LogP contribution in [0.3, 0.4) is 0 Å². The van der Waals surface area contributed by atoms with Crippen molar-refractivity contribution in [2.75, 3.05) is 25.0 Å². The van der Waals surface area contributed by atoms with Gasteiger partial charge in [-0.05, 0) is 49.4 Å². The number of carbonyl (C=O) groups is 1. The molecule has 1 aromatic carbocycles. The van der Waals surface area contributed by atoms with E-state index in [4.69, 9.17) is 0 Å². The summed E-state index contributed by atoms with van der Waals surface area (Å²) in [6.45, 7) is 8.96. The van der Waals surface area contributed by atoms with Gasteiger partial charge in [0.2, 0.25) is 0 Å². The second-order valence-electron chi connectivity index (χ2n) is 5.64. The average Bonchev–Trinajstić information content (AvgIpc) is 2.43. The summed E-state index contributed by atoms with van der Waals surface area (Å²) in [4.78, 5) is 14.4. The van der Waals surface area contributed by atoms with Gasteiger partial charge < -0.3 is 10.2 Å². The van der Waals surface area contributed by atoms with Gasteiger partial charge in [0.25, 0.3) is 5.91 Å². The first-order chi connectivity index (χ1) is 9.11. The van der Waals surface area contributed by atoms with Gasteiger partial charge in [-0.1, -0.05) is 13.8 Å². The lowest BCUT2D eigenvalue weighted by atomic mass is 10.00. The Kier molecular flexibility index (Phi) is 4.46. The van der Waals surface area contributed by atoms with Crippen LogP contribution in [0.15, 0.2) is 18.2 Å². The van der Waals surface area contributed by atoms with E-state index in [-0.39, 0.29) is 5.91 Å². The maximum atomic E-state index is 12.5. The Morgan fingerprint density at radius 1 is 1.42 bits per heavy atom. The molecule has 2 rings (SSSR count). The largest absolute Gasteiger partial charge is 0.385 e. The summed E-state index contributed by atoms with van der Waals surface area (Å²) in [7, 11) is 0. The van der Waals surface area contributed by atoms with E-state index in [1.165, 1.54) is 11.3 Å². The van der Waals surface area contributed by atoms with Crippen molar-refractivity contribution in [3.63, 3.8) is 0 Å². The molecule has 1 amide bonds. The number of hydrogen-bond donors (Lipinski definition) is 1. The molecule has 104 valence electrons. The molecule has 1 aromatic rings. The molecule has 1 aliphatic rings. The minimum Gasteiger partial charge on any atom is -0.385 e. The SMILES string of the molecule is CCN(CC(C)C)C(=O)c1ccc2c(c1)CCCN2. The van der Waals surface area contributed by atoms with Crippen LogP contribution < -0.4 is 5.32 Å². The molecule has 0 saturated heterocycles. The fraction of sp³-hybridized carbons (Fsp3) is 0.562. The second-order valence-corrected chi connectivity index (χ2v) is 5.64. The van der Waals surface area contributed by atoms with Crippen LogP contribution in [0.5, 0.6) is 0 Å². The molecular formula is C16H24N2O. The molecule has 0 saturated carbocycles. The van der Waals surface area contributed by atoms with E-state index < -0.39 is 0 Å². The number of rotatable bonds is 4. The molecule has 1 N–H and O–H groups in total. The number of nitrogens with one attached hydrogen (secondary N) is 1. The zero-order valence-corrected chi connectivity index (χ0v) is 12.2. The van der Waals surface area contributed by atoms with E-state index in [2.05, 4.69) is 25.2 Å². The first kappa shape index (κ1) is 13.9. The van der Waals surface area contributed by atoms with Crippen LogP contribution in [0.4, 0.5) is 5.69 Å². The highest BCUT2D eigenvalue weighted by molar-refractivity contribution is 5.95. The number of benzene rings is 1. The van der Waals surface area contributed by atoms with Crippen LogP contribution in [0, 0.1) is 5.92 Å². The van der Waals surface area contributed by atoms with Crippen LogP contribution >= 0.6 is 0 Å². The lowest BCUT2D eigenvalue weighted by molar-refractivity contribution is 0.0745. The number of fused-ring (bicyclic) bond motifs is 1. The van der Waals surface area contributed by atoms with E-state index in [0.29, 0.717) is 5.92 Å². The minimum atomic E-state index is 0.157. The van der Waals surface area contributed by atoms with Crippen molar-refractivity contribution in [2.45, 2.75) is 33.6 Å². The second kappa shape index (κ2) is 6.09. The third-order valence-corrected chi connectivity index (χ3v) is 3.55. The maximum Gasteiger partial charge on any atom is 0.253 e. The molecule has 0 unspecified atom stereocenters. The zero-order valence-electron chi connectivity index (χ0n) is 12.2. The van der Waals surface area contributed by atoms with Crippen LogP contribution in [0.25, 0.3) is 0 Å². The standard InChI is InChI=1S/C16H24N2O/c1-4-18(11-12(2)3)16(19)14-7-8-15-13(10-14)6-5-9-17-15/h7-8,10,12,17H,4-6,9,11H2,1-3H3. The first-order valence-corrected chi connectivity index (χ1v) is 7.28. The highest BCUT2D eigenvalue weighted by atomic mass is 16.2. The van der Waals surface area contributed by atoms with Crippen LogP contribution in [0.2, 0.25) is 0 Å². The summed E-state index contributed by atoms with van der Waals surface area (Å²) in [5.41, 5.74) is 3.29. The molecule has 0 aromatic heterocycles. The summed E-state index contributed by atoms with van der Waals surface area (Å²) in [5, 5.41) is 3.38. The third kappa shape index (κ3) is 3.28. The van der Waals surface area contributed by atoms with Crippen molar-refractivity contribution in [3.8, 4) is 0 Å². The highest BCUT2D eigenvalue weighted by Gasteiger charge is 2.17.